The van der Waals surface area contributed by atoms with Crippen LogP contribution in [0.15, 0.2) is 18.2 Å². The van der Waals surface area contributed by atoms with E-state index in [1.165, 1.54) is 0 Å². The molecule has 0 aliphatic rings. The minimum absolute atomic E-state index is 0.0938. The summed E-state index contributed by atoms with van der Waals surface area (Å²) in [6.45, 7) is 1.69. The lowest BCUT2D eigenvalue weighted by molar-refractivity contribution is 0.275. The molecule has 0 fully saturated rings. The van der Waals surface area contributed by atoms with Gasteiger partial charge in [-0.05, 0) is 18.6 Å². The molecule has 0 aromatic heterocycles. The minimum Gasteiger partial charge on any atom is -0.508 e. The zero-order valence-electron chi connectivity index (χ0n) is 6.99. The summed E-state index contributed by atoms with van der Waals surface area (Å²) < 4.78 is 0. The van der Waals surface area contributed by atoms with E-state index in [0.717, 1.165) is 5.56 Å². The highest BCUT2D eigenvalue weighted by Gasteiger charge is 2.03. The van der Waals surface area contributed by atoms with Gasteiger partial charge >= 0.3 is 0 Å². The van der Waals surface area contributed by atoms with Crippen LogP contribution < -0.4 is 5.73 Å². The van der Waals surface area contributed by atoms with E-state index in [4.69, 9.17) is 10.8 Å². The lowest BCUT2D eigenvalue weighted by atomic mass is 10.1. The Morgan fingerprint density at radius 2 is 2.17 bits per heavy atom. The van der Waals surface area contributed by atoms with Crippen molar-refractivity contribution in [1.82, 2.24) is 0 Å². The molecular formula is C9H13NO2. The molecule has 0 bridgehead atoms. The number of benzene rings is 1. The average molecular weight is 167 g/mol. The van der Waals surface area contributed by atoms with E-state index in [1.54, 1.807) is 18.2 Å². The Balaban J connectivity index is 3.02. The molecule has 1 aromatic rings. The zero-order chi connectivity index (χ0) is 9.14. The molecule has 3 heteroatoms. The maximum Gasteiger partial charge on any atom is 0.121 e. The van der Waals surface area contributed by atoms with Crippen molar-refractivity contribution in [2.24, 2.45) is 5.73 Å². The monoisotopic (exact) mass is 167 g/mol. The zero-order valence-corrected chi connectivity index (χ0v) is 6.99. The van der Waals surface area contributed by atoms with Crippen LogP contribution in [-0.4, -0.2) is 10.2 Å². The largest absolute Gasteiger partial charge is 0.508 e. The predicted molar refractivity (Wildman–Crippen MR) is 46.6 cm³/mol. The van der Waals surface area contributed by atoms with Crippen LogP contribution >= 0.6 is 0 Å². The maximum atomic E-state index is 9.32. The van der Waals surface area contributed by atoms with E-state index in [0.29, 0.717) is 5.56 Å². The van der Waals surface area contributed by atoms with Crippen molar-refractivity contribution >= 4 is 0 Å². The highest BCUT2D eigenvalue weighted by Crippen LogP contribution is 2.21. The number of aromatic hydroxyl groups is 1. The predicted octanol–water partition coefficient (Wildman–Crippen LogP) is 0.904. The molecule has 4 N–H and O–H groups in total. The number of aliphatic hydroxyl groups excluding tert-OH is 1. The minimum atomic E-state index is -0.148. The van der Waals surface area contributed by atoms with Gasteiger partial charge in [0.1, 0.15) is 5.75 Å². The van der Waals surface area contributed by atoms with E-state index >= 15 is 0 Å². The number of hydrogen-bond acceptors (Lipinski definition) is 3. The molecule has 1 aromatic carbocycles. The number of nitrogens with two attached hydrogens (primary N) is 1. The third kappa shape index (κ3) is 1.75. The molecule has 0 aliphatic carbocycles. The van der Waals surface area contributed by atoms with E-state index in [9.17, 15) is 5.11 Å². The average Bonchev–Trinajstić information content (AvgIpc) is 2.04. The second-order valence-corrected chi connectivity index (χ2v) is 2.83. The van der Waals surface area contributed by atoms with Crippen LogP contribution in [0.4, 0.5) is 0 Å². The van der Waals surface area contributed by atoms with E-state index in [-0.39, 0.29) is 18.4 Å². The molecular weight excluding hydrogens is 154 g/mol. The number of phenols is 1. The molecule has 0 saturated heterocycles. The molecule has 0 saturated carbocycles. The first-order valence-electron chi connectivity index (χ1n) is 3.83. The summed E-state index contributed by atoms with van der Waals surface area (Å²) in [6.07, 6.45) is 0. The first-order chi connectivity index (χ1) is 5.65. The van der Waals surface area contributed by atoms with Crippen LogP contribution in [0.2, 0.25) is 0 Å². The van der Waals surface area contributed by atoms with Gasteiger partial charge in [-0.1, -0.05) is 12.1 Å². The van der Waals surface area contributed by atoms with E-state index in [2.05, 4.69) is 0 Å². The first-order valence-corrected chi connectivity index (χ1v) is 3.83. The molecule has 1 atom stereocenters. The Morgan fingerprint density at radius 1 is 1.50 bits per heavy atom. The summed E-state index contributed by atoms with van der Waals surface area (Å²) in [7, 11) is 0. The van der Waals surface area contributed by atoms with Gasteiger partial charge < -0.3 is 15.9 Å². The summed E-state index contributed by atoms with van der Waals surface area (Å²) in [5.74, 6) is 0.104. The van der Waals surface area contributed by atoms with Crippen LogP contribution in [0, 0.1) is 0 Å². The van der Waals surface area contributed by atoms with Crippen LogP contribution in [0.1, 0.15) is 24.1 Å². The second-order valence-electron chi connectivity index (χ2n) is 2.83. The molecule has 0 radical (unpaired) electrons. The molecule has 0 spiro atoms. The van der Waals surface area contributed by atoms with Gasteiger partial charge in [0.05, 0.1) is 6.61 Å². The van der Waals surface area contributed by atoms with Crippen LogP contribution in [0.5, 0.6) is 5.75 Å². The summed E-state index contributed by atoms with van der Waals surface area (Å²) in [5.41, 5.74) is 6.99. The van der Waals surface area contributed by atoms with Crippen molar-refractivity contribution in [2.75, 3.05) is 0 Å². The second kappa shape index (κ2) is 3.56. The fraction of sp³-hybridized carbons (Fsp3) is 0.333. The molecule has 0 amide bonds. The van der Waals surface area contributed by atoms with Crippen LogP contribution in [0.25, 0.3) is 0 Å². The van der Waals surface area contributed by atoms with E-state index in [1.807, 2.05) is 6.92 Å². The lowest BCUT2D eigenvalue weighted by Crippen LogP contribution is -2.04. The Morgan fingerprint density at radius 3 is 2.58 bits per heavy atom. The van der Waals surface area contributed by atoms with Crippen molar-refractivity contribution in [3.05, 3.63) is 29.3 Å². The van der Waals surface area contributed by atoms with Crippen LogP contribution in [0.3, 0.4) is 0 Å². The van der Waals surface area contributed by atoms with Crippen molar-refractivity contribution < 1.29 is 10.2 Å². The van der Waals surface area contributed by atoms with Gasteiger partial charge in [0.15, 0.2) is 0 Å². The fourth-order valence-electron chi connectivity index (χ4n) is 0.998. The summed E-state index contributed by atoms with van der Waals surface area (Å²) in [4.78, 5) is 0. The number of aliphatic hydroxyl groups is 1. The Kier molecular flexibility index (Phi) is 2.68. The van der Waals surface area contributed by atoms with Crippen molar-refractivity contribution in [3.63, 3.8) is 0 Å². The highest BCUT2D eigenvalue weighted by molar-refractivity contribution is 5.36. The normalized spacial score (nSPS) is 12.9. The third-order valence-electron chi connectivity index (χ3n) is 1.81. The van der Waals surface area contributed by atoms with Gasteiger partial charge in [0.2, 0.25) is 0 Å². The van der Waals surface area contributed by atoms with Gasteiger partial charge in [-0.25, -0.2) is 0 Å². The quantitative estimate of drug-likeness (QED) is 0.613. The topological polar surface area (TPSA) is 66.5 Å². The van der Waals surface area contributed by atoms with E-state index < -0.39 is 0 Å². The fourth-order valence-corrected chi connectivity index (χ4v) is 0.998. The van der Waals surface area contributed by atoms with Crippen molar-refractivity contribution in [1.29, 1.82) is 0 Å². The molecule has 0 heterocycles. The molecule has 12 heavy (non-hydrogen) atoms. The van der Waals surface area contributed by atoms with Gasteiger partial charge in [-0.15, -0.1) is 0 Å². The first kappa shape index (κ1) is 9.03. The van der Waals surface area contributed by atoms with Crippen molar-refractivity contribution in [3.8, 4) is 5.75 Å². The number of hydrogen-bond donors (Lipinski definition) is 3. The highest BCUT2D eigenvalue weighted by atomic mass is 16.3. The Bertz CT molecular complexity index is 271. The standard InChI is InChI=1S/C9H13NO2/c1-6(10)7-2-3-8(5-11)9(12)4-7/h2-4,6,11-12H,5,10H2,1H3/t6-/m1/s1. The Labute approximate surface area is 71.5 Å². The maximum absolute atomic E-state index is 9.32. The number of rotatable bonds is 2. The summed E-state index contributed by atoms with van der Waals surface area (Å²) >= 11 is 0. The summed E-state index contributed by atoms with van der Waals surface area (Å²) in [5, 5.41) is 18.1. The third-order valence-corrected chi connectivity index (χ3v) is 1.81. The lowest BCUT2D eigenvalue weighted by Gasteiger charge is -2.07. The van der Waals surface area contributed by atoms with Crippen molar-refractivity contribution in [2.45, 2.75) is 19.6 Å². The molecule has 66 valence electrons. The van der Waals surface area contributed by atoms with Gasteiger partial charge in [-0.2, -0.15) is 0 Å². The molecule has 0 aliphatic heterocycles. The van der Waals surface area contributed by atoms with Crippen LogP contribution in [-0.2, 0) is 6.61 Å². The molecule has 1 rings (SSSR count). The smallest absolute Gasteiger partial charge is 0.121 e. The SMILES string of the molecule is C[C@@H](N)c1ccc(CO)c(O)c1. The van der Waals surface area contributed by atoms with Gasteiger partial charge in [0, 0.05) is 11.6 Å². The van der Waals surface area contributed by atoms with Gasteiger partial charge in [0.25, 0.3) is 0 Å². The van der Waals surface area contributed by atoms with Gasteiger partial charge in [-0.3, -0.25) is 0 Å². The molecule has 3 nitrogen and oxygen atoms in total. The summed E-state index contributed by atoms with van der Waals surface area (Å²) in [6, 6.07) is 4.96. The Hall–Kier alpha value is -1.06. The molecule has 0 unspecified atom stereocenters.